The van der Waals surface area contributed by atoms with Gasteiger partial charge in [-0.15, -0.1) is 11.8 Å². The summed E-state index contributed by atoms with van der Waals surface area (Å²) in [4.78, 5) is 3.50. The molecule has 0 fully saturated rings. The zero-order valence-corrected chi connectivity index (χ0v) is 9.63. The van der Waals surface area contributed by atoms with Crippen molar-refractivity contribution in [2.75, 3.05) is 25.9 Å². The fraction of sp³-hybridized carbons (Fsp3) is 0.417. The quantitative estimate of drug-likeness (QED) is 0.729. The van der Waals surface area contributed by atoms with Gasteiger partial charge in [0.15, 0.2) is 0 Å². The zero-order valence-electron chi connectivity index (χ0n) is 8.81. The number of thioether (sulfide) groups is 1. The van der Waals surface area contributed by atoms with Crippen LogP contribution in [0.2, 0.25) is 0 Å². The van der Waals surface area contributed by atoms with E-state index >= 15 is 0 Å². The maximum Gasteiger partial charge on any atom is 0.0863 e. The summed E-state index contributed by atoms with van der Waals surface area (Å²) in [6.07, 6.45) is 0. The second-order valence-corrected chi connectivity index (χ2v) is 4.96. The number of nitrogens with zero attached hydrogens (tertiary/aromatic N) is 2. The molecule has 1 atom stereocenters. The van der Waals surface area contributed by atoms with E-state index in [9.17, 15) is 0 Å². The molecule has 1 aliphatic heterocycles. The molecule has 0 saturated carbocycles. The Hall–Kier alpha value is -0.980. The highest BCUT2D eigenvalue weighted by molar-refractivity contribution is 7.99. The number of benzene rings is 1. The third-order valence-electron chi connectivity index (χ3n) is 2.67. The van der Waals surface area contributed by atoms with Gasteiger partial charge in [-0.25, -0.2) is 0 Å². The van der Waals surface area contributed by atoms with Crippen molar-refractivity contribution in [2.45, 2.75) is 10.8 Å². The normalized spacial score (nSPS) is 18.9. The SMILES string of the molecule is CN(CC#N)CC1CSc2ccccc21. The Morgan fingerprint density at radius 2 is 2.33 bits per heavy atom. The molecule has 0 amide bonds. The fourth-order valence-corrected chi connectivity index (χ4v) is 3.18. The standard InChI is InChI=1S/C12H14N2S/c1-14(7-6-13)8-10-9-15-12-5-3-2-4-11(10)12/h2-5,10H,7-9H2,1H3. The lowest BCUT2D eigenvalue weighted by Gasteiger charge is -2.18. The van der Waals surface area contributed by atoms with Crippen LogP contribution in [-0.4, -0.2) is 30.8 Å². The van der Waals surface area contributed by atoms with E-state index in [1.165, 1.54) is 10.5 Å². The summed E-state index contributed by atoms with van der Waals surface area (Å²) in [6.45, 7) is 1.50. The van der Waals surface area contributed by atoms with E-state index in [0.29, 0.717) is 12.5 Å². The van der Waals surface area contributed by atoms with Crippen LogP contribution in [-0.2, 0) is 0 Å². The van der Waals surface area contributed by atoms with Gasteiger partial charge in [0, 0.05) is 23.1 Å². The van der Waals surface area contributed by atoms with Gasteiger partial charge in [0.1, 0.15) is 0 Å². The van der Waals surface area contributed by atoms with Gasteiger partial charge in [-0.05, 0) is 18.7 Å². The lowest BCUT2D eigenvalue weighted by molar-refractivity contribution is 0.355. The number of nitriles is 1. The first-order valence-corrected chi connectivity index (χ1v) is 6.07. The molecule has 0 aliphatic carbocycles. The van der Waals surface area contributed by atoms with Crippen LogP contribution in [0.25, 0.3) is 0 Å². The highest BCUT2D eigenvalue weighted by Gasteiger charge is 2.23. The summed E-state index contributed by atoms with van der Waals surface area (Å²) in [5.41, 5.74) is 1.45. The maximum absolute atomic E-state index is 8.61. The summed E-state index contributed by atoms with van der Waals surface area (Å²) in [6, 6.07) is 10.8. The average molecular weight is 218 g/mol. The predicted molar refractivity (Wildman–Crippen MR) is 63.0 cm³/mol. The molecule has 0 aromatic heterocycles. The van der Waals surface area contributed by atoms with E-state index in [-0.39, 0.29) is 0 Å². The summed E-state index contributed by atoms with van der Waals surface area (Å²) in [5.74, 6) is 1.74. The van der Waals surface area contributed by atoms with Crippen molar-refractivity contribution < 1.29 is 0 Å². The van der Waals surface area contributed by atoms with Crippen molar-refractivity contribution in [3.05, 3.63) is 29.8 Å². The zero-order chi connectivity index (χ0) is 10.7. The van der Waals surface area contributed by atoms with Gasteiger partial charge >= 0.3 is 0 Å². The second-order valence-electron chi connectivity index (χ2n) is 3.90. The van der Waals surface area contributed by atoms with Crippen molar-refractivity contribution in [1.82, 2.24) is 4.90 Å². The number of hydrogen-bond donors (Lipinski definition) is 0. The molecule has 1 heterocycles. The fourth-order valence-electron chi connectivity index (χ4n) is 1.94. The number of hydrogen-bond acceptors (Lipinski definition) is 3. The second kappa shape index (κ2) is 4.69. The Kier molecular flexibility index (Phi) is 3.30. The summed E-state index contributed by atoms with van der Waals surface area (Å²) in [5, 5.41) is 8.61. The molecule has 2 rings (SSSR count). The summed E-state index contributed by atoms with van der Waals surface area (Å²) in [7, 11) is 2.01. The van der Waals surface area contributed by atoms with E-state index in [0.717, 1.165) is 12.3 Å². The van der Waals surface area contributed by atoms with Crippen LogP contribution in [0, 0.1) is 11.3 Å². The van der Waals surface area contributed by atoms with Crippen LogP contribution < -0.4 is 0 Å². The molecular formula is C12H14N2S. The Bertz CT molecular complexity index is 383. The molecule has 1 aromatic carbocycles. The Balaban J connectivity index is 2.05. The van der Waals surface area contributed by atoms with Crippen LogP contribution in [0.3, 0.4) is 0 Å². The molecular weight excluding hydrogens is 204 g/mol. The third-order valence-corrected chi connectivity index (χ3v) is 3.92. The van der Waals surface area contributed by atoms with Crippen LogP contribution in [0.4, 0.5) is 0 Å². The third kappa shape index (κ3) is 2.34. The van der Waals surface area contributed by atoms with Gasteiger partial charge in [0.25, 0.3) is 0 Å². The number of likely N-dealkylation sites (N-methyl/N-ethyl adjacent to an activating group) is 1. The van der Waals surface area contributed by atoms with Gasteiger partial charge in [-0.2, -0.15) is 5.26 Å². The number of fused-ring (bicyclic) bond motifs is 1. The lowest BCUT2D eigenvalue weighted by Crippen LogP contribution is -2.25. The van der Waals surface area contributed by atoms with E-state index in [1.54, 1.807) is 0 Å². The van der Waals surface area contributed by atoms with Crippen LogP contribution in [0.15, 0.2) is 29.2 Å². The van der Waals surface area contributed by atoms with Crippen molar-refractivity contribution in [3.63, 3.8) is 0 Å². The molecule has 0 bridgehead atoms. The van der Waals surface area contributed by atoms with Crippen molar-refractivity contribution in [1.29, 1.82) is 5.26 Å². The minimum absolute atomic E-state index is 0.517. The average Bonchev–Trinajstić information content (AvgIpc) is 2.62. The first kappa shape index (κ1) is 10.5. The van der Waals surface area contributed by atoms with Crippen LogP contribution in [0.5, 0.6) is 0 Å². The Labute approximate surface area is 94.9 Å². The highest BCUT2D eigenvalue weighted by Crippen LogP contribution is 2.39. The van der Waals surface area contributed by atoms with Gasteiger partial charge < -0.3 is 0 Å². The van der Waals surface area contributed by atoms with Crippen molar-refractivity contribution in [2.24, 2.45) is 0 Å². The molecule has 1 unspecified atom stereocenters. The predicted octanol–water partition coefficient (Wildman–Crippen LogP) is 2.33. The minimum Gasteiger partial charge on any atom is -0.293 e. The van der Waals surface area contributed by atoms with Gasteiger partial charge in [0.2, 0.25) is 0 Å². The monoisotopic (exact) mass is 218 g/mol. The topological polar surface area (TPSA) is 27.0 Å². The maximum atomic E-state index is 8.61. The molecule has 1 aliphatic rings. The van der Waals surface area contributed by atoms with Gasteiger partial charge in [-0.1, -0.05) is 18.2 Å². The van der Waals surface area contributed by atoms with E-state index in [4.69, 9.17) is 5.26 Å². The van der Waals surface area contributed by atoms with E-state index in [2.05, 4.69) is 35.2 Å². The Morgan fingerprint density at radius 3 is 3.13 bits per heavy atom. The molecule has 0 radical (unpaired) electrons. The summed E-state index contributed by atoms with van der Waals surface area (Å²) >= 11 is 1.93. The molecule has 0 saturated heterocycles. The first-order valence-electron chi connectivity index (χ1n) is 5.08. The largest absolute Gasteiger partial charge is 0.293 e. The molecule has 3 heteroatoms. The molecule has 0 N–H and O–H groups in total. The van der Waals surface area contributed by atoms with Gasteiger partial charge in [0.05, 0.1) is 12.6 Å². The van der Waals surface area contributed by atoms with E-state index < -0.39 is 0 Å². The van der Waals surface area contributed by atoms with Crippen molar-refractivity contribution in [3.8, 4) is 6.07 Å². The first-order chi connectivity index (χ1) is 7.31. The molecule has 0 spiro atoms. The molecule has 2 nitrogen and oxygen atoms in total. The highest BCUT2D eigenvalue weighted by atomic mass is 32.2. The Morgan fingerprint density at radius 1 is 1.53 bits per heavy atom. The lowest BCUT2D eigenvalue weighted by atomic mass is 10.0. The molecule has 15 heavy (non-hydrogen) atoms. The smallest absolute Gasteiger partial charge is 0.0863 e. The van der Waals surface area contributed by atoms with E-state index in [1.807, 2.05) is 18.8 Å². The van der Waals surface area contributed by atoms with Crippen LogP contribution >= 0.6 is 11.8 Å². The van der Waals surface area contributed by atoms with Gasteiger partial charge in [-0.3, -0.25) is 4.90 Å². The summed E-state index contributed by atoms with van der Waals surface area (Å²) < 4.78 is 0. The minimum atomic E-state index is 0.517. The number of rotatable bonds is 3. The molecule has 1 aromatic rings. The molecule has 78 valence electrons. The van der Waals surface area contributed by atoms with Crippen molar-refractivity contribution >= 4 is 11.8 Å². The van der Waals surface area contributed by atoms with Crippen LogP contribution in [0.1, 0.15) is 11.5 Å².